The minimum Gasteiger partial charge on any atom is -0.393 e. The lowest BCUT2D eigenvalue weighted by molar-refractivity contribution is -0.182. The van der Waals surface area contributed by atoms with Crippen LogP contribution in [0.25, 0.3) is 0 Å². The third kappa shape index (κ3) is 2.78. The van der Waals surface area contributed by atoms with E-state index in [0.29, 0.717) is 24.0 Å². The lowest BCUT2D eigenvalue weighted by atomic mass is 9.41. The Kier molecular flexibility index (Phi) is 5.22. The van der Waals surface area contributed by atoms with Gasteiger partial charge in [0.1, 0.15) is 5.78 Å². The van der Waals surface area contributed by atoms with Gasteiger partial charge in [0.15, 0.2) is 0 Å². The van der Waals surface area contributed by atoms with Crippen LogP contribution in [0, 0.1) is 35.0 Å². The summed E-state index contributed by atoms with van der Waals surface area (Å²) in [6.07, 6.45) is 10.6. The third-order valence-electron chi connectivity index (χ3n) is 7.41. The fraction of sp³-hybridized carbons (Fsp3) is 0.857. The van der Waals surface area contributed by atoms with Crippen molar-refractivity contribution in [2.75, 3.05) is 0 Å². The van der Waals surface area contributed by atoms with Crippen LogP contribution in [-0.2, 0) is 4.79 Å². The lowest BCUT2D eigenvalue weighted by Crippen LogP contribution is -2.65. The summed E-state index contributed by atoms with van der Waals surface area (Å²) >= 11 is 0. The first-order valence-electron chi connectivity index (χ1n) is 9.98. The van der Waals surface area contributed by atoms with Crippen molar-refractivity contribution in [1.29, 1.82) is 0 Å². The number of carbonyl (C=O) groups excluding carboxylic acids is 1. The van der Waals surface area contributed by atoms with Crippen molar-refractivity contribution in [3.05, 3.63) is 12.2 Å². The molecule has 0 bridgehead atoms. The SMILES string of the molecule is CC1C(=O)[C@@]2(C(C)C)CC[C@@H](O)[C@H](/C=C/[C@@H](O)C3CCCCC3)[C@@H]12. The van der Waals surface area contributed by atoms with Crippen LogP contribution in [0.2, 0.25) is 0 Å². The van der Waals surface area contributed by atoms with E-state index in [1.54, 1.807) is 0 Å². The van der Waals surface area contributed by atoms with E-state index in [2.05, 4.69) is 13.8 Å². The normalized spacial score (nSPS) is 42.2. The fourth-order valence-corrected chi connectivity index (χ4v) is 5.97. The van der Waals surface area contributed by atoms with Crippen molar-refractivity contribution in [2.45, 2.75) is 77.9 Å². The lowest BCUT2D eigenvalue weighted by Gasteiger charge is -2.61. The molecule has 2 N–H and O–H groups in total. The van der Waals surface area contributed by atoms with Gasteiger partial charge < -0.3 is 10.2 Å². The van der Waals surface area contributed by atoms with Crippen LogP contribution in [0.1, 0.15) is 65.7 Å². The second-order valence-electron chi connectivity index (χ2n) is 8.83. The molecule has 0 saturated heterocycles. The van der Waals surface area contributed by atoms with Crippen molar-refractivity contribution in [3.63, 3.8) is 0 Å². The third-order valence-corrected chi connectivity index (χ3v) is 7.41. The monoisotopic (exact) mass is 334 g/mol. The van der Waals surface area contributed by atoms with Gasteiger partial charge in [0.2, 0.25) is 0 Å². The first-order valence-corrected chi connectivity index (χ1v) is 9.98. The highest BCUT2D eigenvalue weighted by molar-refractivity contribution is 5.94. The second kappa shape index (κ2) is 6.92. The zero-order valence-electron chi connectivity index (χ0n) is 15.4. The molecule has 0 aliphatic heterocycles. The second-order valence-corrected chi connectivity index (χ2v) is 8.83. The highest BCUT2D eigenvalue weighted by Crippen LogP contribution is 2.62. The number of ketones is 1. The average Bonchev–Trinajstić information content (AvgIpc) is 2.59. The summed E-state index contributed by atoms with van der Waals surface area (Å²) in [7, 11) is 0. The van der Waals surface area contributed by atoms with Crippen molar-refractivity contribution < 1.29 is 15.0 Å². The predicted molar refractivity (Wildman–Crippen MR) is 95.4 cm³/mol. The number of fused-ring (bicyclic) bond motifs is 1. The molecule has 0 radical (unpaired) electrons. The number of carbonyl (C=O) groups is 1. The largest absolute Gasteiger partial charge is 0.393 e. The van der Waals surface area contributed by atoms with E-state index in [0.717, 1.165) is 19.3 Å². The highest BCUT2D eigenvalue weighted by Gasteiger charge is 2.65. The molecular formula is C21H34O3. The van der Waals surface area contributed by atoms with Crippen molar-refractivity contribution in [1.82, 2.24) is 0 Å². The average molecular weight is 335 g/mol. The predicted octanol–water partition coefficient (Wildman–Crippen LogP) is 3.73. The van der Waals surface area contributed by atoms with Gasteiger partial charge in [-0.15, -0.1) is 0 Å². The van der Waals surface area contributed by atoms with Crippen molar-refractivity contribution >= 4 is 5.78 Å². The van der Waals surface area contributed by atoms with Gasteiger partial charge in [-0.25, -0.2) is 0 Å². The molecule has 0 spiro atoms. The molecule has 3 aliphatic rings. The van der Waals surface area contributed by atoms with Gasteiger partial charge in [-0.2, -0.15) is 0 Å². The van der Waals surface area contributed by atoms with Crippen molar-refractivity contribution in [3.8, 4) is 0 Å². The molecule has 0 aromatic heterocycles. The summed E-state index contributed by atoms with van der Waals surface area (Å²) in [4.78, 5) is 12.6. The van der Waals surface area contributed by atoms with Crippen LogP contribution in [0.3, 0.4) is 0 Å². The van der Waals surface area contributed by atoms with Crippen LogP contribution in [-0.4, -0.2) is 28.2 Å². The van der Waals surface area contributed by atoms with Crippen LogP contribution in [0.5, 0.6) is 0 Å². The first kappa shape index (κ1) is 18.1. The quantitative estimate of drug-likeness (QED) is 0.770. The van der Waals surface area contributed by atoms with Gasteiger partial charge in [0.05, 0.1) is 12.2 Å². The Morgan fingerprint density at radius 2 is 1.83 bits per heavy atom. The molecule has 3 aliphatic carbocycles. The molecule has 3 fully saturated rings. The minimum absolute atomic E-state index is 0.00657. The number of hydrogen-bond acceptors (Lipinski definition) is 3. The van der Waals surface area contributed by atoms with E-state index in [9.17, 15) is 15.0 Å². The number of hydrogen-bond donors (Lipinski definition) is 2. The fourth-order valence-electron chi connectivity index (χ4n) is 5.97. The van der Waals surface area contributed by atoms with E-state index >= 15 is 0 Å². The van der Waals surface area contributed by atoms with Crippen LogP contribution >= 0.6 is 0 Å². The Labute approximate surface area is 146 Å². The molecule has 0 heterocycles. The topological polar surface area (TPSA) is 57.5 Å². The Hall–Kier alpha value is -0.670. The van der Waals surface area contributed by atoms with Gasteiger partial charge >= 0.3 is 0 Å². The first-order chi connectivity index (χ1) is 11.4. The molecular weight excluding hydrogens is 300 g/mol. The molecule has 6 atom stereocenters. The van der Waals surface area contributed by atoms with Gasteiger partial charge in [-0.1, -0.05) is 52.2 Å². The molecule has 136 valence electrons. The molecule has 0 amide bonds. The molecule has 3 saturated carbocycles. The Bertz CT molecular complexity index is 491. The van der Waals surface area contributed by atoms with Gasteiger partial charge in [0, 0.05) is 17.3 Å². The minimum atomic E-state index is -0.404. The standard InChI is InChI=1S/C21H34O3/c1-13(2)21-12-11-18(23)16(19(21)14(3)20(21)24)9-10-17(22)15-7-5-4-6-8-15/h9-10,13-19,22-23H,4-8,11-12H2,1-3H3/b10-9+/t14?,16-,17+,18+,19+,21+/m0/s1. The number of Topliss-reactive ketones (excluding diaryl/α,β-unsaturated/α-hetero) is 1. The highest BCUT2D eigenvalue weighted by atomic mass is 16.3. The van der Waals surface area contributed by atoms with E-state index in [1.165, 1.54) is 19.3 Å². The maximum Gasteiger partial charge on any atom is 0.142 e. The zero-order chi connectivity index (χ0) is 17.5. The van der Waals surface area contributed by atoms with E-state index < -0.39 is 6.10 Å². The molecule has 24 heavy (non-hydrogen) atoms. The van der Waals surface area contributed by atoms with E-state index in [-0.39, 0.29) is 29.3 Å². The van der Waals surface area contributed by atoms with Gasteiger partial charge in [-0.05, 0) is 43.4 Å². The van der Waals surface area contributed by atoms with Gasteiger partial charge in [0.25, 0.3) is 0 Å². The summed E-state index contributed by atoms with van der Waals surface area (Å²) in [5, 5.41) is 21.1. The van der Waals surface area contributed by atoms with Crippen LogP contribution < -0.4 is 0 Å². The smallest absolute Gasteiger partial charge is 0.142 e. The molecule has 1 unspecified atom stereocenters. The van der Waals surface area contributed by atoms with Crippen LogP contribution in [0.15, 0.2) is 12.2 Å². The molecule has 0 aromatic rings. The summed E-state index contributed by atoms with van der Waals surface area (Å²) in [6.45, 7) is 6.31. The molecule has 3 rings (SSSR count). The summed E-state index contributed by atoms with van der Waals surface area (Å²) in [5.74, 6) is 1.34. The van der Waals surface area contributed by atoms with E-state index in [1.807, 2.05) is 19.1 Å². The zero-order valence-corrected chi connectivity index (χ0v) is 15.4. The summed E-state index contributed by atoms with van der Waals surface area (Å²) < 4.78 is 0. The summed E-state index contributed by atoms with van der Waals surface area (Å²) in [6, 6.07) is 0. The molecule has 0 aromatic carbocycles. The van der Waals surface area contributed by atoms with E-state index in [4.69, 9.17) is 0 Å². The number of rotatable bonds is 4. The summed E-state index contributed by atoms with van der Waals surface area (Å²) in [5.41, 5.74) is -0.247. The van der Waals surface area contributed by atoms with Crippen molar-refractivity contribution in [2.24, 2.45) is 35.0 Å². The molecule has 3 heteroatoms. The van der Waals surface area contributed by atoms with Gasteiger partial charge in [-0.3, -0.25) is 4.79 Å². The Morgan fingerprint density at radius 1 is 1.17 bits per heavy atom. The maximum atomic E-state index is 12.6. The Morgan fingerprint density at radius 3 is 2.46 bits per heavy atom. The maximum absolute atomic E-state index is 12.6. The number of aliphatic hydroxyl groups excluding tert-OH is 2. The molecule has 3 nitrogen and oxygen atoms in total. The Balaban J connectivity index is 1.75. The number of aliphatic hydroxyl groups is 2. The van der Waals surface area contributed by atoms with Crippen LogP contribution in [0.4, 0.5) is 0 Å².